The van der Waals surface area contributed by atoms with Gasteiger partial charge >= 0.3 is 0 Å². The number of phenols is 3. The molecular formula is C69H79Cl2N23O4. The summed E-state index contributed by atoms with van der Waals surface area (Å²) in [6.45, 7) is 26.4. The number of aryl methyl sites for hydroxylation is 1. The van der Waals surface area contributed by atoms with Crippen LogP contribution in [0.15, 0.2) is 96.3 Å². The molecule has 29 heteroatoms. The van der Waals surface area contributed by atoms with Gasteiger partial charge in [0.05, 0.1) is 47.1 Å². The molecule has 4 aliphatic rings. The second-order valence-electron chi connectivity index (χ2n) is 30.1. The van der Waals surface area contributed by atoms with E-state index < -0.39 is 0 Å². The summed E-state index contributed by atoms with van der Waals surface area (Å²) < 4.78 is 7.30. The Morgan fingerprint density at radius 3 is 1.17 bits per heavy atom. The lowest BCUT2D eigenvalue weighted by Crippen LogP contribution is -2.58. The Balaban J connectivity index is 0.000000132. The predicted molar refractivity (Wildman–Crippen MR) is 375 cm³/mol. The van der Waals surface area contributed by atoms with E-state index in [-0.39, 0.29) is 74.4 Å². The van der Waals surface area contributed by atoms with Gasteiger partial charge in [0.1, 0.15) is 39.0 Å². The molecule has 0 saturated carbocycles. The smallest absolute Gasteiger partial charge is 0.201 e. The van der Waals surface area contributed by atoms with Crippen LogP contribution in [-0.2, 0) is 11.8 Å². The standard InChI is InChI=1S/C24H27N7O2.C23H27ClN8O.C22H25ClN8O/c1-23(2)12-15(13-24(3,4)29-23)31-22-20(27-30-31)11-19(26-28-22)17-6-5-14(9-21(17)33)18-10-16(32)7-8-25-18;1-22(2)10-14(11-23(3,4)29-22)32-21-18(26-30-32)9-17(25-27-21)15-7-6-13(8-19(15)33)16-12-31(5)28-20(16)24;1-21(2)9-13(10-22(3,4)29-21)31-20-17(26-30-31)8-16(25-28-20)14-6-5-12(7-18(14)32)15-11-24-27-19(15)23/h5-6,8-11,15,29,33H,7,12-13H2,1-4H3;6-9,12,14,29,33H,10-11H2,1-5H3;5-8,11,13,29,32H,9-10H2,1-4H3,(H,24,27). The summed E-state index contributed by atoms with van der Waals surface area (Å²) in [6, 6.07) is 21.6. The summed E-state index contributed by atoms with van der Waals surface area (Å²) in [4.78, 5) is 15.9. The number of hydrogen-bond acceptors (Lipinski definition) is 22. The molecule has 3 saturated heterocycles. The summed E-state index contributed by atoms with van der Waals surface area (Å²) in [6.07, 6.45) is 12.3. The Morgan fingerprint density at radius 2 is 0.837 bits per heavy atom. The number of aromatic amines is 1. The van der Waals surface area contributed by atoms with Crippen molar-refractivity contribution in [3.8, 4) is 73.3 Å². The number of aromatic nitrogens is 19. The zero-order valence-electron chi connectivity index (χ0n) is 56.9. The summed E-state index contributed by atoms with van der Waals surface area (Å²) >= 11 is 12.3. The topological polar surface area (TPSA) is 342 Å². The maximum absolute atomic E-state index is 11.7. The van der Waals surface area contributed by atoms with Gasteiger partial charge in [-0.05, 0) is 187 Å². The second kappa shape index (κ2) is 25.1. The number of carbonyl (C=O) groups is 1. The number of nitrogens with one attached hydrogen (secondary N) is 4. The number of nitrogens with zero attached hydrogens (tertiary/aromatic N) is 19. The van der Waals surface area contributed by atoms with E-state index in [0.717, 1.165) is 55.2 Å². The van der Waals surface area contributed by atoms with Crippen LogP contribution < -0.4 is 16.0 Å². The molecule has 0 atom stereocenters. The number of hydrogen-bond donors (Lipinski definition) is 7. The van der Waals surface area contributed by atoms with Gasteiger partial charge in [0.2, 0.25) is 16.9 Å². The third-order valence-electron chi connectivity index (χ3n) is 18.1. The van der Waals surface area contributed by atoms with Gasteiger partial charge < -0.3 is 31.3 Å². The molecule has 0 bridgehead atoms. The van der Waals surface area contributed by atoms with E-state index in [9.17, 15) is 20.1 Å². The van der Waals surface area contributed by atoms with Gasteiger partial charge in [-0.3, -0.25) is 19.6 Å². The average molecular weight is 1370 g/mol. The summed E-state index contributed by atoms with van der Waals surface area (Å²) in [5.41, 5.74) is 11.1. The fourth-order valence-electron chi connectivity index (χ4n) is 15.2. The lowest BCUT2D eigenvalue weighted by molar-refractivity contribution is -0.113. The molecule has 12 heterocycles. The number of ketones is 1. The number of phenolic OH excluding ortho intramolecular Hbond substituents is 3. The first-order valence-corrected chi connectivity index (χ1v) is 33.3. The molecule has 0 radical (unpaired) electrons. The van der Waals surface area contributed by atoms with Crippen LogP contribution in [0.2, 0.25) is 10.3 Å². The van der Waals surface area contributed by atoms with Gasteiger partial charge in [-0.1, -0.05) is 57.0 Å². The number of rotatable bonds is 9. The fraction of sp³-hybridized carbons (Fsp3) is 0.420. The van der Waals surface area contributed by atoms with Crippen LogP contribution in [0.3, 0.4) is 0 Å². The van der Waals surface area contributed by atoms with E-state index in [4.69, 9.17) is 23.2 Å². The van der Waals surface area contributed by atoms with Crippen LogP contribution in [0, 0.1) is 0 Å². The second-order valence-corrected chi connectivity index (χ2v) is 30.8. The molecule has 11 aromatic rings. The van der Waals surface area contributed by atoms with Crippen molar-refractivity contribution in [3.05, 3.63) is 107 Å². The Labute approximate surface area is 575 Å². The minimum absolute atomic E-state index is 0.0107. The first-order valence-electron chi connectivity index (χ1n) is 32.5. The Hall–Kier alpha value is -9.54. The number of aliphatic imine (C=N–C) groups is 1. The van der Waals surface area contributed by atoms with Crippen molar-refractivity contribution in [3.63, 3.8) is 0 Å². The highest BCUT2D eigenvalue weighted by atomic mass is 35.5. The summed E-state index contributed by atoms with van der Waals surface area (Å²) in [7, 11) is 1.80. The molecule has 3 aromatic carbocycles. The van der Waals surface area contributed by atoms with Crippen molar-refractivity contribution in [2.75, 3.05) is 0 Å². The quantitative estimate of drug-likeness (QED) is 0.0706. The van der Waals surface area contributed by atoms with Crippen molar-refractivity contribution >= 4 is 74.4 Å². The van der Waals surface area contributed by atoms with E-state index >= 15 is 0 Å². The number of halogens is 2. The highest BCUT2D eigenvalue weighted by Gasteiger charge is 2.42. The number of allylic oxidation sites excluding steroid dienone is 1. The SMILES string of the molecule is CC1(C)CC(n2nnc3cc(-c4ccc(-c5cn[nH]c5Cl)cc4O)nnc32)CC(C)(C)N1.CC1(C)CC(n2nnc3cc(-c4ccc(C5=CC(=O)CC=N5)cc4O)nnc32)CC(C)(C)N1.Cn1cc(-c2ccc(-c3cc4nnn(C5CC(C)(C)NC(C)(C)C5)c4nn3)c(O)c2)c(Cl)n1. The predicted octanol–water partition coefficient (Wildman–Crippen LogP) is 11.7. The van der Waals surface area contributed by atoms with Crippen molar-refractivity contribution in [2.24, 2.45) is 12.0 Å². The summed E-state index contributed by atoms with van der Waals surface area (Å²) in [5.74, 6) is 0.172. The molecule has 7 N–H and O–H groups in total. The zero-order chi connectivity index (χ0) is 69.6. The lowest BCUT2D eigenvalue weighted by atomic mass is 9.79. The molecule has 27 nitrogen and oxygen atoms in total. The van der Waals surface area contributed by atoms with E-state index in [1.807, 2.05) is 44.5 Å². The molecule has 508 valence electrons. The van der Waals surface area contributed by atoms with Gasteiger partial charge in [-0.25, -0.2) is 14.0 Å². The fourth-order valence-corrected chi connectivity index (χ4v) is 15.7. The van der Waals surface area contributed by atoms with Crippen molar-refractivity contribution in [2.45, 2.75) is 179 Å². The molecule has 0 amide bonds. The van der Waals surface area contributed by atoms with E-state index in [1.165, 1.54) is 6.08 Å². The largest absolute Gasteiger partial charge is 0.507 e. The van der Waals surface area contributed by atoms with Gasteiger partial charge in [-0.2, -0.15) is 10.2 Å². The van der Waals surface area contributed by atoms with Crippen LogP contribution >= 0.6 is 23.2 Å². The van der Waals surface area contributed by atoms with Crippen LogP contribution in [0.5, 0.6) is 17.2 Å². The highest BCUT2D eigenvalue weighted by molar-refractivity contribution is 6.32. The maximum Gasteiger partial charge on any atom is 0.201 e. The Kier molecular flexibility index (Phi) is 17.2. The molecule has 98 heavy (non-hydrogen) atoms. The van der Waals surface area contributed by atoms with Crippen LogP contribution in [0.1, 0.15) is 152 Å². The minimum Gasteiger partial charge on any atom is -0.507 e. The van der Waals surface area contributed by atoms with Gasteiger partial charge in [-0.15, -0.1) is 45.9 Å². The number of fused-ring (bicyclic) bond motifs is 3. The third-order valence-corrected chi connectivity index (χ3v) is 18.7. The molecule has 3 fully saturated rings. The average Bonchev–Trinajstić information content (AvgIpc) is 1.55. The van der Waals surface area contributed by atoms with Gasteiger partial charge in [0.25, 0.3) is 0 Å². The first kappa shape index (κ1) is 67.0. The lowest BCUT2D eigenvalue weighted by Gasteiger charge is -2.46. The molecule has 0 aliphatic carbocycles. The maximum atomic E-state index is 11.7. The highest BCUT2D eigenvalue weighted by Crippen LogP contribution is 2.43. The molecule has 4 aliphatic heterocycles. The Morgan fingerprint density at radius 1 is 0.469 bits per heavy atom. The minimum atomic E-state index is -0.0337. The number of H-pyrrole nitrogens is 1. The van der Waals surface area contributed by atoms with Gasteiger partial charge in [0.15, 0.2) is 10.9 Å². The normalized spacial score (nSPS) is 18.9. The van der Waals surface area contributed by atoms with Crippen molar-refractivity contribution in [1.82, 2.24) is 112 Å². The molecule has 0 spiro atoms. The van der Waals surface area contributed by atoms with E-state index in [1.54, 1.807) is 72.7 Å². The monoisotopic (exact) mass is 1360 g/mol. The molecular weight excluding hydrogens is 1290 g/mol. The third kappa shape index (κ3) is 14.1. The molecule has 0 unspecified atom stereocenters. The first-order chi connectivity index (χ1) is 46.2. The van der Waals surface area contributed by atoms with E-state index in [2.05, 4.69) is 181 Å². The number of benzene rings is 3. The van der Waals surface area contributed by atoms with E-state index in [0.29, 0.717) is 101 Å². The van der Waals surface area contributed by atoms with Gasteiger partial charge in [0, 0.05) is 98.6 Å². The van der Waals surface area contributed by atoms with Crippen LogP contribution in [0.25, 0.3) is 95.2 Å². The molecule has 8 aromatic heterocycles. The van der Waals surface area contributed by atoms with Crippen LogP contribution in [0.4, 0.5) is 0 Å². The van der Waals surface area contributed by atoms with Crippen LogP contribution in [-0.4, -0.2) is 156 Å². The van der Waals surface area contributed by atoms with Crippen molar-refractivity contribution in [1.29, 1.82) is 0 Å². The zero-order valence-corrected chi connectivity index (χ0v) is 58.4. The molecule has 15 rings (SSSR count). The van der Waals surface area contributed by atoms with Crippen molar-refractivity contribution < 1.29 is 20.1 Å². The number of piperidine rings is 3. The Bertz CT molecular complexity index is 4910. The number of aromatic hydroxyl groups is 3. The summed E-state index contributed by atoms with van der Waals surface area (Å²) in [5, 5.41) is 107. The number of carbonyl (C=O) groups excluding carboxylic acids is 1.